The Kier molecular flexibility index (Phi) is 6.12. The standard InChI is InChI=1S/C23H19F3N4O4/c24-23(25,26)16-8-17-19(30(13-20(31)32)22(34)21(33)28-17)9-18(16)29-7-6-15(12-29)11-27-10-14-4-2-1-3-5-14/h1-9,12,27H,10-11,13H2,(H,28,33)(H,31,32). The van der Waals surface area contributed by atoms with Gasteiger partial charge in [-0.3, -0.25) is 19.0 Å². The Balaban J connectivity index is 1.75. The van der Waals surface area contributed by atoms with E-state index in [1.807, 2.05) is 30.3 Å². The van der Waals surface area contributed by atoms with E-state index in [0.717, 1.165) is 11.6 Å². The van der Waals surface area contributed by atoms with Gasteiger partial charge in [0.05, 0.1) is 22.3 Å². The minimum Gasteiger partial charge on any atom is -0.480 e. The first kappa shape index (κ1) is 23.1. The first-order valence-corrected chi connectivity index (χ1v) is 10.2. The van der Waals surface area contributed by atoms with Gasteiger partial charge in [0.2, 0.25) is 0 Å². The fraction of sp³-hybridized carbons (Fsp3) is 0.174. The number of aliphatic carboxylic acids is 1. The van der Waals surface area contributed by atoms with Crippen molar-refractivity contribution in [2.45, 2.75) is 25.8 Å². The molecule has 34 heavy (non-hydrogen) atoms. The highest BCUT2D eigenvalue weighted by molar-refractivity contribution is 5.81. The summed E-state index contributed by atoms with van der Waals surface area (Å²) in [5.41, 5.74) is -2.38. The lowest BCUT2D eigenvalue weighted by molar-refractivity contribution is -0.138. The molecule has 3 N–H and O–H groups in total. The van der Waals surface area contributed by atoms with Crippen LogP contribution in [-0.2, 0) is 30.6 Å². The van der Waals surface area contributed by atoms with Gasteiger partial charge in [0.25, 0.3) is 0 Å². The van der Waals surface area contributed by atoms with Crippen LogP contribution in [0.1, 0.15) is 16.7 Å². The van der Waals surface area contributed by atoms with Gasteiger partial charge in [-0.1, -0.05) is 30.3 Å². The summed E-state index contributed by atoms with van der Waals surface area (Å²) in [6.45, 7) is 0.100. The predicted molar refractivity (Wildman–Crippen MR) is 118 cm³/mol. The lowest BCUT2D eigenvalue weighted by Gasteiger charge is -2.17. The van der Waals surface area contributed by atoms with E-state index in [1.165, 1.54) is 17.0 Å². The van der Waals surface area contributed by atoms with Crippen molar-refractivity contribution in [1.29, 1.82) is 0 Å². The highest BCUT2D eigenvalue weighted by Crippen LogP contribution is 2.36. The van der Waals surface area contributed by atoms with Crippen LogP contribution in [0.4, 0.5) is 13.2 Å². The minimum absolute atomic E-state index is 0.132. The Morgan fingerprint density at radius 2 is 1.74 bits per heavy atom. The van der Waals surface area contributed by atoms with Gasteiger partial charge in [-0.2, -0.15) is 13.2 Å². The molecule has 2 aromatic heterocycles. The molecule has 4 aromatic rings. The van der Waals surface area contributed by atoms with Gasteiger partial charge in [-0.05, 0) is 29.3 Å². The molecule has 11 heteroatoms. The fourth-order valence-electron chi connectivity index (χ4n) is 3.68. The van der Waals surface area contributed by atoms with E-state index in [1.54, 1.807) is 6.07 Å². The molecule has 0 aliphatic heterocycles. The van der Waals surface area contributed by atoms with Gasteiger partial charge in [0.15, 0.2) is 0 Å². The SMILES string of the molecule is O=C(O)Cn1c(=O)c(=O)[nH]c2cc(C(F)(F)F)c(-n3ccc(CNCc4ccccc4)c3)cc21. The molecule has 0 unspecified atom stereocenters. The zero-order valence-corrected chi connectivity index (χ0v) is 17.6. The number of aromatic amines is 1. The lowest BCUT2D eigenvalue weighted by Crippen LogP contribution is -2.38. The van der Waals surface area contributed by atoms with Crippen LogP contribution in [0.15, 0.2) is 70.5 Å². The van der Waals surface area contributed by atoms with E-state index in [2.05, 4.69) is 10.3 Å². The van der Waals surface area contributed by atoms with E-state index in [9.17, 15) is 27.6 Å². The molecule has 0 atom stereocenters. The van der Waals surface area contributed by atoms with E-state index < -0.39 is 35.4 Å². The molecule has 0 fully saturated rings. The summed E-state index contributed by atoms with van der Waals surface area (Å²) < 4.78 is 43.5. The van der Waals surface area contributed by atoms with Gasteiger partial charge in [-0.25, -0.2) is 0 Å². The zero-order chi connectivity index (χ0) is 24.5. The van der Waals surface area contributed by atoms with Crippen LogP contribution in [-0.4, -0.2) is 25.2 Å². The molecule has 0 saturated carbocycles. The highest BCUT2D eigenvalue weighted by Gasteiger charge is 2.35. The molecule has 2 heterocycles. The molecule has 0 spiro atoms. The molecule has 0 aliphatic rings. The van der Waals surface area contributed by atoms with Crippen molar-refractivity contribution < 1.29 is 23.1 Å². The molecule has 0 aliphatic carbocycles. The topological polar surface area (TPSA) is 109 Å². The first-order valence-electron chi connectivity index (χ1n) is 10.2. The Morgan fingerprint density at radius 3 is 2.41 bits per heavy atom. The van der Waals surface area contributed by atoms with Crippen LogP contribution in [0, 0.1) is 0 Å². The number of hydrogen-bond acceptors (Lipinski definition) is 4. The first-order chi connectivity index (χ1) is 16.1. The van der Waals surface area contributed by atoms with Crippen molar-refractivity contribution >= 4 is 17.0 Å². The zero-order valence-electron chi connectivity index (χ0n) is 17.6. The third kappa shape index (κ3) is 4.79. The summed E-state index contributed by atoms with van der Waals surface area (Å²) in [5.74, 6) is -1.41. The number of hydrogen-bond donors (Lipinski definition) is 3. The van der Waals surface area contributed by atoms with Crippen molar-refractivity contribution in [1.82, 2.24) is 19.4 Å². The third-order valence-corrected chi connectivity index (χ3v) is 5.22. The van der Waals surface area contributed by atoms with Crippen molar-refractivity contribution in [2.75, 3.05) is 0 Å². The number of halogens is 3. The number of nitrogens with one attached hydrogen (secondary N) is 2. The molecule has 0 radical (unpaired) electrons. The Morgan fingerprint density at radius 1 is 1.03 bits per heavy atom. The number of fused-ring (bicyclic) bond motifs is 1. The monoisotopic (exact) mass is 472 g/mol. The maximum atomic E-state index is 13.9. The van der Waals surface area contributed by atoms with Crippen LogP contribution in [0.3, 0.4) is 0 Å². The largest absolute Gasteiger partial charge is 0.480 e. The van der Waals surface area contributed by atoms with Crippen LogP contribution in [0.25, 0.3) is 16.7 Å². The summed E-state index contributed by atoms with van der Waals surface area (Å²) in [6.07, 6.45) is -1.81. The average Bonchev–Trinajstić information content (AvgIpc) is 3.25. The van der Waals surface area contributed by atoms with E-state index in [4.69, 9.17) is 5.11 Å². The number of carboxylic acids is 1. The molecular formula is C23H19F3N4O4. The third-order valence-electron chi connectivity index (χ3n) is 5.22. The quantitative estimate of drug-likeness (QED) is 0.359. The van der Waals surface area contributed by atoms with Gasteiger partial charge < -0.3 is 20.0 Å². The molecule has 0 amide bonds. The van der Waals surface area contributed by atoms with Gasteiger partial charge in [0.1, 0.15) is 6.54 Å². The number of alkyl halides is 3. The Labute approximate surface area is 189 Å². The number of nitrogens with zero attached hydrogens (tertiary/aromatic N) is 2. The second kappa shape index (κ2) is 9.02. The van der Waals surface area contributed by atoms with E-state index in [0.29, 0.717) is 29.3 Å². The molecule has 2 aromatic carbocycles. The second-order valence-corrected chi connectivity index (χ2v) is 7.64. The highest BCUT2D eigenvalue weighted by atomic mass is 19.4. The normalized spacial score (nSPS) is 11.7. The number of aromatic nitrogens is 3. The van der Waals surface area contributed by atoms with Crippen LogP contribution in [0.5, 0.6) is 0 Å². The molecular weight excluding hydrogens is 453 g/mol. The van der Waals surface area contributed by atoms with Gasteiger partial charge >= 0.3 is 23.3 Å². The molecule has 4 rings (SSSR count). The predicted octanol–water partition coefficient (Wildman–Crippen LogP) is 2.87. The summed E-state index contributed by atoms with van der Waals surface area (Å²) in [4.78, 5) is 37.4. The van der Waals surface area contributed by atoms with Crippen LogP contribution in [0.2, 0.25) is 0 Å². The van der Waals surface area contributed by atoms with Gasteiger partial charge in [-0.15, -0.1) is 0 Å². The van der Waals surface area contributed by atoms with Crippen molar-refractivity contribution in [2.24, 2.45) is 0 Å². The maximum Gasteiger partial charge on any atom is 0.418 e. The maximum absolute atomic E-state index is 13.9. The number of rotatable bonds is 7. The molecule has 0 saturated heterocycles. The van der Waals surface area contributed by atoms with Crippen molar-refractivity contribution in [3.63, 3.8) is 0 Å². The Bertz CT molecular complexity index is 1470. The summed E-state index contributed by atoms with van der Waals surface area (Å²) in [6, 6.07) is 13.0. The molecule has 176 valence electrons. The number of carbonyl (C=O) groups is 1. The van der Waals surface area contributed by atoms with Crippen molar-refractivity contribution in [3.8, 4) is 5.69 Å². The fourth-order valence-corrected chi connectivity index (χ4v) is 3.68. The van der Waals surface area contributed by atoms with Crippen LogP contribution < -0.4 is 16.4 Å². The summed E-state index contributed by atoms with van der Waals surface area (Å²) in [5, 5.41) is 12.3. The lowest BCUT2D eigenvalue weighted by atomic mass is 10.1. The van der Waals surface area contributed by atoms with E-state index >= 15 is 0 Å². The number of H-pyrrole nitrogens is 1. The van der Waals surface area contributed by atoms with Gasteiger partial charge in [0, 0.05) is 25.5 Å². The summed E-state index contributed by atoms with van der Waals surface area (Å²) >= 11 is 0. The van der Waals surface area contributed by atoms with Crippen LogP contribution >= 0.6 is 0 Å². The average molecular weight is 472 g/mol. The molecule has 0 bridgehead atoms. The second-order valence-electron chi connectivity index (χ2n) is 7.64. The summed E-state index contributed by atoms with van der Waals surface area (Å²) in [7, 11) is 0. The van der Waals surface area contributed by atoms with E-state index in [-0.39, 0.29) is 16.7 Å². The Hall–Kier alpha value is -4.12. The minimum atomic E-state index is -4.77. The number of carboxylic acid groups (broad SMARTS) is 1. The molecule has 8 nitrogen and oxygen atoms in total. The smallest absolute Gasteiger partial charge is 0.418 e. The van der Waals surface area contributed by atoms with Crippen molar-refractivity contribution in [3.05, 3.63) is 98.3 Å². The number of benzene rings is 2.